The Morgan fingerprint density at radius 2 is 1.83 bits per heavy atom. The number of nitrogens with one attached hydrogen (secondary N) is 2. The highest BCUT2D eigenvalue weighted by Crippen LogP contribution is 2.28. The third-order valence-corrected chi connectivity index (χ3v) is 4.54. The van der Waals surface area contributed by atoms with Crippen molar-refractivity contribution in [2.45, 2.75) is 26.8 Å². The Balaban J connectivity index is 2.02. The lowest BCUT2D eigenvalue weighted by Crippen LogP contribution is -2.45. The fraction of sp³-hybridized carbons (Fsp3) is 0.238. The zero-order chi connectivity index (χ0) is 22.1. The molecule has 0 unspecified atom stereocenters. The number of carbonyl (C=O) groups excluding carboxylic acids is 2. The van der Waals surface area contributed by atoms with Gasteiger partial charge in [-0.2, -0.15) is 0 Å². The SMILES string of the molecule is CC(C)(C)[C@@H](Nc1nc(Nc2ccc3ncccc3c2)c(C(N)=O)cc1F)C(N)=O. The van der Waals surface area contributed by atoms with Gasteiger partial charge in [-0.25, -0.2) is 9.37 Å². The van der Waals surface area contributed by atoms with Crippen LogP contribution in [0.25, 0.3) is 10.9 Å². The van der Waals surface area contributed by atoms with Crippen LogP contribution in [0.1, 0.15) is 31.1 Å². The summed E-state index contributed by atoms with van der Waals surface area (Å²) in [5, 5.41) is 6.60. The molecule has 0 spiro atoms. The summed E-state index contributed by atoms with van der Waals surface area (Å²) < 4.78 is 14.6. The summed E-state index contributed by atoms with van der Waals surface area (Å²) in [7, 11) is 0. The van der Waals surface area contributed by atoms with Crippen LogP contribution in [0.3, 0.4) is 0 Å². The van der Waals surface area contributed by atoms with Crippen LogP contribution >= 0.6 is 0 Å². The predicted molar refractivity (Wildman–Crippen MR) is 114 cm³/mol. The van der Waals surface area contributed by atoms with Gasteiger partial charge in [0.15, 0.2) is 11.6 Å². The maximum Gasteiger partial charge on any atom is 0.252 e. The number of benzene rings is 1. The number of nitrogens with two attached hydrogens (primary N) is 2. The summed E-state index contributed by atoms with van der Waals surface area (Å²) >= 11 is 0. The highest BCUT2D eigenvalue weighted by molar-refractivity contribution is 5.99. The van der Waals surface area contributed by atoms with Crippen LogP contribution in [0.2, 0.25) is 0 Å². The second kappa shape index (κ2) is 7.94. The first-order chi connectivity index (χ1) is 14.1. The number of pyridine rings is 2. The average Bonchev–Trinajstić information content (AvgIpc) is 2.66. The zero-order valence-electron chi connectivity index (χ0n) is 16.9. The molecule has 0 saturated heterocycles. The molecule has 156 valence electrons. The Hall–Kier alpha value is -3.75. The van der Waals surface area contributed by atoms with E-state index >= 15 is 0 Å². The van der Waals surface area contributed by atoms with Crippen LogP contribution in [0.4, 0.5) is 21.7 Å². The standard InChI is InChI=1S/C21H23FN6O2/c1-21(2,3)16(18(24)30)27-20-14(22)10-13(17(23)29)19(28-20)26-12-6-7-15-11(9-12)5-4-8-25-15/h4-10,16H,1-3H3,(H2,23,29)(H2,24,30)(H2,26,27,28)/t16-/m0/s1. The molecule has 0 aliphatic carbocycles. The summed E-state index contributed by atoms with van der Waals surface area (Å²) in [5.74, 6) is -2.50. The van der Waals surface area contributed by atoms with Crippen molar-refractivity contribution in [3.05, 3.63) is 54.0 Å². The smallest absolute Gasteiger partial charge is 0.252 e. The molecule has 6 N–H and O–H groups in total. The second-order valence-corrected chi connectivity index (χ2v) is 7.96. The number of anilines is 3. The number of halogens is 1. The monoisotopic (exact) mass is 410 g/mol. The number of primary amides is 2. The summed E-state index contributed by atoms with van der Waals surface area (Å²) in [5.41, 5.74) is 11.5. The number of amides is 2. The Labute approximate surface area is 172 Å². The van der Waals surface area contributed by atoms with E-state index in [1.807, 2.05) is 12.1 Å². The average molecular weight is 410 g/mol. The van der Waals surface area contributed by atoms with Gasteiger partial charge in [-0.3, -0.25) is 14.6 Å². The van der Waals surface area contributed by atoms with Crippen molar-refractivity contribution in [2.75, 3.05) is 10.6 Å². The number of carbonyl (C=O) groups is 2. The lowest BCUT2D eigenvalue weighted by atomic mass is 9.86. The lowest BCUT2D eigenvalue weighted by molar-refractivity contribution is -0.120. The molecular weight excluding hydrogens is 387 g/mol. The Bertz CT molecular complexity index is 1130. The molecule has 0 bridgehead atoms. The quantitative estimate of drug-likeness (QED) is 0.493. The first kappa shape index (κ1) is 21.0. The van der Waals surface area contributed by atoms with Crippen LogP contribution in [0.5, 0.6) is 0 Å². The normalized spacial score (nSPS) is 12.4. The van der Waals surface area contributed by atoms with E-state index in [2.05, 4.69) is 20.6 Å². The van der Waals surface area contributed by atoms with Gasteiger partial charge in [0, 0.05) is 17.3 Å². The molecule has 2 aromatic heterocycles. The van der Waals surface area contributed by atoms with Crippen molar-refractivity contribution >= 4 is 40.0 Å². The van der Waals surface area contributed by atoms with Crippen LogP contribution in [-0.2, 0) is 4.79 Å². The van der Waals surface area contributed by atoms with Crippen molar-refractivity contribution in [3.8, 4) is 0 Å². The third-order valence-electron chi connectivity index (χ3n) is 4.54. The van der Waals surface area contributed by atoms with E-state index in [0.717, 1.165) is 17.0 Å². The molecule has 0 aliphatic rings. The van der Waals surface area contributed by atoms with E-state index in [0.29, 0.717) is 5.69 Å². The van der Waals surface area contributed by atoms with Gasteiger partial charge in [-0.1, -0.05) is 26.8 Å². The van der Waals surface area contributed by atoms with E-state index in [1.165, 1.54) is 0 Å². The second-order valence-electron chi connectivity index (χ2n) is 7.96. The van der Waals surface area contributed by atoms with E-state index < -0.39 is 29.1 Å². The van der Waals surface area contributed by atoms with Gasteiger partial charge in [0.05, 0.1) is 11.1 Å². The molecule has 0 aliphatic heterocycles. The Kier molecular flexibility index (Phi) is 5.55. The number of aromatic nitrogens is 2. The molecular formula is C21H23FN6O2. The number of hydrogen-bond donors (Lipinski definition) is 4. The fourth-order valence-corrected chi connectivity index (χ4v) is 3.01. The molecule has 9 heteroatoms. The summed E-state index contributed by atoms with van der Waals surface area (Å²) in [6.45, 7) is 5.36. The number of fused-ring (bicyclic) bond motifs is 1. The first-order valence-corrected chi connectivity index (χ1v) is 9.24. The third kappa shape index (κ3) is 4.45. The molecule has 3 rings (SSSR count). The molecule has 1 aromatic carbocycles. The van der Waals surface area contributed by atoms with Crippen LogP contribution < -0.4 is 22.1 Å². The minimum Gasteiger partial charge on any atom is -0.368 e. The van der Waals surface area contributed by atoms with Gasteiger partial charge >= 0.3 is 0 Å². The highest BCUT2D eigenvalue weighted by Gasteiger charge is 2.31. The Morgan fingerprint density at radius 3 is 2.47 bits per heavy atom. The molecule has 0 radical (unpaired) electrons. The van der Waals surface area contributed by atoms with Gasteiger partial charge in [0.25, 0.3) is 5.91 Å². The molecule has 1 atom stereocenters. The molecule has 0 fully saturated rings. The van der Waals surface area contributed by atoms with Crippen molar-refractivity contribution < 1.29 is 14.0 Å². The maximum atomic E-state index is 14.6. The van der Waals surface area contributed by atoms with Crippen LogP contribution in [0.15, 0.2) is 42.6 Å². The number of nitrogens with zero attached hydrogens (tertiary/aromatic N) is 2. The minimum atomic E-state index is -0.890. The van der Waals surface area contributed by atoms with E-state index in [4.69, 9.17) is 11.5 Å². The molecule has 2 amide bonds. The van der Waals surface area contributed by atoms with E-state index in [-0.39, 0.29) is 17.2 Å². The highest BCUT2D eigenvalue weighted by atomic mass is 19.1. The summed E-state index contributed by atoms with van der Waals surface area (Å²) in [6, 6.07) is 9.13. The molecule has 8 nitrogen and oxygen atoms in total. The minimum absolute atomic E-state index is 0.0479. The topological polar surface area (TPSA) is 136 Å². The molecule has 2 heterocycles. The Morgan fingerprint density at radius 1 is 1.10 bits per heavy atom. The summed E-state index contributed by atoms with van der Waals surface area (Å²) in [4.78, 5) is 32.1. The number of hydrogen-bond acceptors (Lipinski definition) is 6. The number of rotatable bonds is 6. The van der Waals surface area contributed by atoms with Crippen molar-refractivity contribution in [1.29, 1.82) is 0 Å². The molecule has 30 heavy (non-hydrogen) atoms. The zero-order valence-corrected chi connectivity index (χ0v) is 16.9. The van der Waals surface area contributed by atoms with Crippen LogP contribution in [0, 0.1) is 11.2 Å². The lowest BCUT2D eigenvalue weighted by Gasteiger charge is -2.29. The largest absolute Gasteiger partial charge is 0.368 e. The van der Waals surface area contributed by atoms with E-state index in [9.17, 15) is 14.0 Å². The van der Waals surface area contributed by atoms with Gasteiger partial charge in [-0.05, 0) is 35.7 Å². The first-order valence-electron chi connectivity index (χ1n) is 9.24. The predicted octanol–water partition coefficient (Wildman–Crippen LogP) is 2.92. The van der Waals surface area contributed by atoms with Gasteiger partial charge in [0.1, 0.15) is 11.9 Å². The van der Waals surface area contributed by atoms with Gasteiger partial charge in [0.2, 0.25) is 5.91 Å². The van der Waals surface area contributed by atoms with E-state index in [1.54, 1.807) is 45.2 Å². The molecule has 3 aromatic rings. The van der Waals surface area contributed by atoms with Crippen molar-refractivity contribution in [3.63, 3.8) is 0 Å². The van der Waals surface area contributed by atoms with Crippen molar-refractivity contribution in [1.82, 2.24) is 9.97 Å². The van der Waals surface area contributed by atoms with Gasteiger partial charge < -0.3 is 22.1 Å². The maximum absolute atomic E-state index is 14.6. The molecule has 0 saturated carbocycles. The van der Waals surface area contributed by atoms with Crippen LogP contribution in [-0.4, -0.2) is 27.8 Å². The van der Waals surface area contributed by atoms with Gasteiger partial charge in [-0.15, -0.1) is 0 Å². The summed E-state index contributed by atoms with van der Waals surface area (Å²) in [6.07, 6.45) is 1.69. The van der Waals surface area contributed by atoms with Crippen molar-refractivity contribution in [2.24, 2.45) is 16.9 Å². The fourth-order valence-electron chi connectivity index (χ4n) is 3.01.